The minimum absolute atomic E-state index is 0.212. The highest BCUT2D eigenvalue weighted by molar-refractivity contribution is 9.10. The Labute approximate surface area is 107 Å². The predicted octanol–water partition coefficient (Wildman–Crippen LogP) is 3.54. The standard InChI is InChI=1S/C13H21BrN2/c1-10-4-5-12(11(14)8-10)16-7-6-13(2,3)9-15/h4-5,8,16H,6-7,9,15H2,1-3H3. The quantitative estimate of drug-likeness (QED) is 0.868. The van der Waals surface area contributed by atoms with Crippen molar-refractivity contribution in [3.63, 3.8) is 0 Å². The lowest BCUT2D eigenvalue weighted by Gasteiger charge is -2.22. The zero-order chi connectivity index (χ0) is 12.2. The van der Waals surface area contributed by atoms with Gasteiger partial charge in [0.25, 0.3) is 0 Å². The lowest BCUT2D eigenvalue weighted by atomic mass is 9.90. The summed E-state index contributed by atoms with van der Waals surface area (Å²) in [5, 5.41) is 3.43. The van der Waals surface area contributed by atoms with Crippen LogP contribution in [0.4, 0.5) is 5.69 Å². The molecule has 0 fully saturated rings. The average molecular weight is 285 g/mol. The van der Waals surface area contributed by atoms with Crippen LogP contribution in [0.5, 0.6) is 0 Å². The van der Waals surface area contributed by atoms with Crippen molar-refractivity contribution in [2.75, 3.05) is 18.4 Å². The van der Waals surface area contributed by atoms with Crippen LogP contribution in [0, 0.1) is 12.3 Å². The molecule has 0 radical (unpaired) electrons. The third kappa shape index (κ3) is 4.14. The van der Waals surface area contributed by atoms with Crippen LogP contribution >= 0.6 is 15.9 Å². The summed E-state index contributed by atoms with van der Waals surface area (Å²) in [4.78, 5) is 0. The van der Waals surface area contributed by atoms with Crippen molar-refractivity contribution in [2.45, 2.75) is 27.2 Å². The highest BCUT2D eigenvalue weighted by Gasteiger charge is 2.14. The van der Waals surface area contributed by atoms with E-state index in [1.54, 1.807) is 0 Å². The molecule has 3 heteroatoms. The van der Waals surface area contributed by atoms with Gasteiger partial charge in [0.15, 0.2) is 0 Å². The summed E-state index contributed by atoms with van der Waals surface area (Å²) in [6.45, 7) is 8.15. The first-order valence-electron chi connectivity index (χ1n) is 5.65. The number of anilines is 1. The van der Waals surface area contributed by atoms with Gasteiger partial charge in [-0.2, -0.15) is 0 Å². The van der Waals surface area contributed by atoms with Crippen molar-refractivity contribution in [3.05, 3.63) is 28.2 Å². The van der Waals surface area contributed by atoms with Gasteiger partial charge in [0.1, 0.15) is 0 Å². The van der Waals surface area contributed by atoms with Crippen LogP contribution < -0.4 is 11.1 Å². The number of nitrogens with one attached hydrogen (secondary N) is 1. The van der Waals surface area contributed by atoms with Crippen LogP contribution in [-0.2, 0) is 0 Å². The highest BCUT2D eigenvalue weighted by Crippen LogP contribution is 2.24. The Balaban J connectivity index is 2.49. The van der Waals surface area contributed by atoms with E-state index in [1.165, 1.54) is 5.56 Å². The van der Waals surface area contributed by atoms with Gasteiger partial charge in [0, 0.05) is 16.7 Å². The molecule has 1 rings (SSSR count). The van der Waals surface area contributed by atoms with Gasteiger partial charge in [0.05, 0.1) is 0 Å². The third-order valence-corrected chi connectivity index (χ3v) is 3.45. The van der Waals surface area contributed by atoms with Crippen LogP contribution in [0.2, 0.25) is 0 Å². The minimum Gasteiger partial charge on any atom is -0.384 e. The van der Waals surface area contributed by atoms with Crippen molar-refractivity contribution in [3.8, 4) is 0 Å². The third-order valence-electron chi connectivity index (χ3n) is 2.79. The summed E-state index contributed by atoms with van der Waals surface area (Å²) in [5.74, 6) is 0. The molecule has 0 amide bonds. The van der Waals surface area contributed by atoms with E-state index in [0.717, 1.165) is 29.7 Å². The molecular formula is C13H21BrN2. The number of rotatable bonds is 5. The average Bonchev–Trinajstić information content (AvgIpc) is 2.21. The lowest BCUT2D eigenvalue weighted by molar-refractivity contribution is 0.358. The van der Waals surface area contributed by atoms with Crippen LogP contribution in [0.15, 0.2) is 22.7 Å². The second kappa shape index (κ2) is 5.69. The maximum atomic E-state index is 5.70. The van der Waals surface area contributed by atoms with Crippen molar-refractivity contribution in [1.29, 1.82) is 0 Å². The molecule has 0 aliphatic heterocycles. The summed E-state index contributed by atoms with van der Waals surface area (Å²) in [5.41, 5.74) is 8.33. The van der Waals surface area contributed by atoms with Gasteiger partial charge in [-0.3, -0.25) is 0 Å². The van der Waals surface area contributed by atoms with E-state index in [4.69, 9.17) is 5.73 Å². The van der Waals surface area contributed by atoms with E-state index in [9.17, 15) is 0 Å². The molecule has 0 aliphatic rings. The molecule has 0 saturated carbocycles. The van der Waals surface area contributed by atoms with Gasteiger partial charge in [-0.05, 0) is 58.9 Å². The SMILES string of the molecule is Cc1ccc(NCCC(C)(C)CN)c(Br)c1. The molecule has 1 aromatic carbocycles. The Morgan fingerprint density at radius 2 is 2.06 bits per heavy atom. The summed E-state index contributed by atoms with van der Waals surface area (Å²) >= 11 is 3.56. The Morgan fingerprint density at radius 3 is 2.62 bits per heavy atom. The smallest absolute Gasteiger partial charge is 0.0484 e. The van der Waals surface area contributed by atoms with Crippen LogP contribution in [-0.4, -0.2) is 13.1 Å². The van der Waals surface area contributed by atoms with E-state index in [2.05, 4.69) is 60.2 Å². The van der Waals surface area contributed by atoms with Crippen LogP contribution in [0.3, 0.4) is 0 Å². The summed E-state index contributed by atoms with van der Waals surface area (Å²) in [7, 11) is 0. The fourth-order valence-corrected chi connectivity index (χ4v) is 2.03. The number of hydrogen-bond acceptors (Lipinski definition) is 2. The second-order valence-electron chi connectivity index (χ2n) is 5.03. The molecule has 0 aromatic heterocycles. The molecule has 0 aliphatic carbocycles. The molecule has 2 nitrogen and oxygen atoms in total. The second-order valence-corrected chi connectivity index (χ2v) is 5.88. The summed E-state index contributed by atoms with van der Waals surface area (Å²) in [6.07, 6.45) is 1.07. The fourth-order valence-electron chi connectivity index (χ4n) is 1.40. The topological polar surface area (TPSA) is 38.0 Å². The molecule has 16 heavy (non-hydrogen) atoms. The zero-order valence-corrected chi connectivity index (χ0v) is 11.9. The summed E-state index contributed by atoms with van der Waals surface area (Å²) in [6, 6.07) is 6.34. The van der Waals surface area contributed by atoms with Crippen molar-refractivity contribution in [2.24, 2.45) is 11.1 Å². The van der Waals surface area contributed by atoms with Crippen molar-refractivity contribution < 1.29 is 0 Å². The van der Waals surface area contributed by atoms with E-state index < -0.39 is 0 Å². The predicted molar refractivity (Wildman–Crippen MR) is 74.8 cm³/mol. The van der Waals surface area contributed by atoms with E-state index in [0.29, 0.717) is 0 Å². The van der Waals surface area contributed by atoms with Gasteiger partial charge in [-0.25, -0.2) is 0 Å². The zero-order valence-electron chi connectivity index (χ0n) is 10.3. The van der Waals surface area contributed by atoms with Crippen LogP contribution in [0.25, 0.3) is 0 Å². The van der Waals surface area contributed by atoms with E-state index in [1.807, 2.05) is 0 Å². The van der Waals surface area contributed by atoms with Gasteiger partial charge < -0.3 is 11.1 Å². The molecule has 3 N–H and O–H groups in total. The van der Waals surface area contributed by atoms with E-state index in [-0.39, 0.29) is 5.41 Å². The molecule has 0 bridgehead atoms. The van der Waals surface area contributed by atoms with Crippen LogP contribution in [0.1, 0.15) is 25.8 Å². The highest BCUT2D eigenvalue weighted by atomic mass is 79.9. The lowest BCUT2D eigenvalue weighted by Crippen LogP contribution is -2.26. The summed E-state index contributed by atoms with van der Waals surface area (Å²) < 4.78 is 1.12. The van der Waals surface area contributed by atoms with Gasteiger partial charge >= 0.3 is 0 Å². The Morgan fingerprint density at radius 1 is 1.38 bits per heavy atom. The molecule has 90 valence electrons. The first kappa shape index (κ1) is 13.5. The Bertz CT molecular complexity index is 348. The van der Waals surface area contributed by atoms with Gasteiger partial charge in [0.2, 0.25) is 0 Å². The number of benzene rings is 1. The van der Waals surface area contributed by atoms with Crippen molar-refractivity contribution in [1.82, 2.24) is 0 Å². The maximum Gasteiger partial charge on any atom is 0.0484 e. The molecule has 0 heterocycles. The minimum atomic E-state index is 0.212. The number of aryl methyl sites for hydroxylation is 1. The first-order valence-corrected chi connectivity index (χ1v) is 6.44. The van der Waals surface area contributed by atoms with Gasteiger partial charge in [-0.1, -0.05) is 19.9 Å². The largest absolute Gasteiger partial charge is 0.384 e. The number of halogens is 1. The molecule has 0 spiro atoms. The van der Waals surface area contributed by atoms with Crippen molar-refractivity contribution >= 4 is 21.6 Å². The fraction of sp³-hybridized carbons (Fsp3) is 0.538. The maximum absolute atomic E-state index is 5.70. The molecule has 1 aromatic rings. The first-order chi connectivity index (χ1) is 7.44. The van der Waals surface area contributed by atoms with E-state index >= 15 is 0 Å². The molecule has 0 saturated heterocycles. The molecule has 0 unspecified atom stereocenters. The Kier molecular flexibility index (Phi) is 4.81. The molecule has 0 atom stereocenters. The van der Waals surface area contributed by atoms with Gasteiger partial charge in [-0.15, -0.1) is 0 Å². The number of nitrogens with two attached hydrogens (primary N) is 1. The normalized spacial score (nSPS) is 11.6. The number of hydrogen-bond donors (Lipinski definition) is 2. The monoisotopic (exact) mass is 284 g/mol. The molecular weight excluding hydrogens is 264 g/mol. The Hall–Kier alpha value is -0.540.